The molecule has 0 saturated heterocycles. The van der Waals surface area contributed by atoms with E-state index < -0.39 is 11.8 Å². The van der Waals surface area contributed by atoms with Crippen LogP contribution in [0.4, 0.5) is 22.7 Å². The van der Waals surface area contributed by atoms with E-state index in [0.717, 1.165) is 10.5 Å². The van der Waals surface area contributed by atoms with Crippen molar-refractivity contribution >= 4 is 58.0 Å². The van der Waals surface area contributed by atoms with E-state index in [0.29, 0.717) is 35.1 Å². The summed E-state index contributed by atoms with van der Waals surface area (Å²) in [7, 11) is 0. The Morgan fingerprint density at radius 1 is 0.816 bits per heavy atom. The molecule has 10 heteroatoms. The highest BCUT2D eigenvalue weighted by Gasteiger charge is 2.38. The molecule has 0 saturated carbocycles. The van der Waals surface area contributed by atoms with Crippen molar-refractivity contribution in [3.05, 3.63) is 89.1 Å². The molecule has 0 radical (unpaired) electrons. The maximum absolute atomic E-state index is 13.0. The minimum atomic E-state index is -0.623. The van der Waals surface area contributed by atoms with Gasteiger partial charge in [-0.05, 0) is 73.2 Å². The zero-order chi connectivity index (χ0) is 27.2. The van der Waals surface area contributed by atoms with Crippen LogP contribution in [0, 0.1) is 0 Å². The topological polar surface area (TPSA) is 117 Å². The Labute approximate surface area is 224 Å². The number of hydrogen-bond donors (Lipinski definition) is 3. The third-order valence-corrected chi connectivity index (χ3v) is 5.86. The molecule has 0 fully saturated rings. The molecule has 4 amide bonds. The van der Waals surface area contributed by atoms with Crippen LogP contribution in [0.15, 0.2) is 83.5 Å². The third kappa shape index (κ3) is 6.19. The number of carbonyl (C=O) groups is 4. The van der Waals surface area contributed by atoms with Gasteiger partial charge in [-0.2, -0.15) is 0 Å². The first-order valence-electron chi connectivity index (χ1n) is 11.8. The molecule has 9 nitrogen and oxygen atoms in total. The Morgan fingerprint density at radius 3 is 1.97 bits per heavy atom. The van der Waals surface area contributed by atoms with E-state index in [-0.39, 0.29) is 29.0 Å². The van der Waals surface area contributed by atoms with Crippen molar-refractivity contribution < 1.29 is 23.9 Å². The number of imide groups is 1. The molecule has 3 aromatic carbocycles. The summed E-state index contributed by atoms with van der Waals surface area (Å²) in [5.41, 5.74) is 2.87. The van der Waals surface area contributed by atoms with Gasteiger partial charge in [0.05, 0.1) is 18.7 Å². The summed E-state index contributed by atoms with van der Waals surface area (Å²) >= 11 is 6.22. The lowest BCUT2D eigenvalue weighted by Crippen LogP contribution is -2.32. The lowest BCUT2D eigenvalue weighted by atomic mass is 10.1. The van der Waals surface area contributed by atoms with Crippen LogP contribution >= 0.6 is 11.6 Å². The molecule has 0 bridgehead atoms. The van der Waals surface area contributed by atoms with Crippen molar-refractivity contribution in [3.63, 3.8) is 0 Å². The second-order valence-electron chi connectivity index (χ2n) is 8.37. The first kappa shape index (κ1) is 26.4. The summed E-state index contributed by atoms with van der Waals surface area (Å²) in [4.78, 5) is 50.3. The van der Waals surface area contributed by atoms with Gasteiger partial charge in [-0.25, -0.2) is 4.90 Å². The van der Waals surface area contributed by atoms with Crippen molar-refractivity contribution in [1.82, 2.24) is 0 Å². The number of carbonyl (C=O) groups excluding carboxylic acids is 4. The monoisotopic (exact) mass is 532 g/mol. The Morgan fingerprint density at radius 2 is 1.39 bits per heavy atom. The van der Waals surface area contributed by atoms with Gasteiger partial charge in [0, 0.05) is 24.0 Å². The average Bonchev–Trinajstić information content (AvgIpc) is 3.10. The van der Waals surface area contributed by atoms with E-state index >= 15 is 0 Å². The van der Waals surface area contributed by atoms with Gasteiger partial charge in [0.15, 0.2) is 0 Å². The van der Waals surface area contributed by atoms with E-state index in [1.807, 2.05) is 6.92 Å². The Balaban J connectivity index is 1.36. The van der Waals surface area contributed by atoms with Crippen LogP contribution < -0.4 is 25.6 Å². The quantitative estimate of drug-likeness (QED) is 0.345. The molecule has 1 aliphatic rings. The van der Waals surface area contributed by atoms with E-state index in [2.05, 4.69) is 16.0 Å². The molecule has 1 heterocycles. The van der Waals surface area contributed by atoms with Gasteiger partial charge in [0.25, 0.3) is 11.8 Å². The third-order valence-electron chi connectivity index (χ3n) is 5.51. The molecule has 3 N–H and O–H groups in total. The number of rotatable bonds is 9. The molecular formula is C28H25ClN4O5. The summed E-state index contributed by atoms with van der Waals surface area (Å²) < 4.78 is 5.40. The highest BCUT2D eigenvalue weighted by molar-refractivity contribution is 6.53. The maximum atomic E-state index is 13.0. The van der Waals surface area contributed by atoms with Crippen LogP contribution in [0.25, 0.3) is 0 Å². The molecule has 0 spiro atoms. The van der Waals surface area contributed by atoms with E-state index in [9.17, 15) is 19.2 Å². The second kappa shape index (κ2) is 11.6. The van der Waals surface area contributed by atoms with Gasteiger partial charge in [-0.1, -0.05) is 23.7 Å². The predicted molar refractivity (Wildman–Crippen MR) is 146 cm³/mol. The van der Waals surface area contributed by atoms with E-state index in [4.69, 9.17) is 16.3 Å². The lowest BCUT2D eigenvalue weighted by molar-refractivity contribution is -0.120. The first-order valence-corrected chi connectivity index (χ1v) is 12.2. The molecule has 4 rings (SSSR count). The minimum Gasteiger partial charge on any atom is -0.494 e. The molecular weight excluding hydrogens is 508 g/mol. The molecule has 38 heavy (non-hydrogen) atoms. The zero-order valence-electron chi connectivity index (χ0n) is 20.7. The number of hydrogen-bond acceptors (Lipinski definition) is 6. The molecule has 0 aliphatic carbocycles. The van der Waals surface area contributed by atoms with Crippen LogP contribution in [0.2, 0.25) is 0 Å². The predicted octanol–water partition coefficient (Wildman–Crippen LogP) is 4.66. The van der Waals surface area contributed by atoms with Crippen molar-refractivity contribution in [3.8, 4) is 5.75 Å². The van der Waals surface area contributed by atoms with Crippen molar-refractivity contribution in [2.24, 2.45) is 0 Å². The van der Waals surface area contributed by atoms with Gasteiger partial charge >= 0.3 is 0 Å². The number of ether oxygens (including phenoxy) is 1. The van der Waals surface area contributed by atoms with Crippen LogP contribution in [0.3, 0.4) is 0 Å². The van der Waals surface area contributed by atoms with Gasteiger partial charge in [-0.3, -0.25) is 19.2 Å². The molecule has 3 aromatic rings. The summed E-state index contributed by atoms with van der Waals surface area (Å²) in [5.74, 6) is -0.960. The van der Waals surface area contributed by atoms with Gasteiger partial charge < -0.3 is 20.7 Å². The SMILES string of the molecule is CCOc1ccc(N2C(=O)C(Cl)=C(Nc3ccc(CC(=O)Nc4ccc(NC(C)=O)cc4)cc3)C2=O)cc1. The van der Waals surface area contributed by atoms with Gasteiger partial charge in [0.2, 0.25) is 11.8 Å². The van der Waals surface area contributed by atoms with E-state index in [1.165, 1.54) is 6.92 Å². The minimum absolute atomic E-state index is 0.0289. The number of halogens is 1. The summed E-state index contributed by atoms with van der Waals surface area (Å²) in [6.07, 6.45) is 0.125. The van der Waals surface area contributed by atoms with Crippen molar-refractivity contribution in [1.29, 1.82) is 0 Å². The molecule has 194 valence electrons. The highest BCUT2D eigenvalue weighted by atomic mass is 35.5. The number of amides is 4. The van der Waals surface area contributed by atoms with Crippen molar-refractivity contribution in [2.75, 3.05) is 27.5 Å². The van der Waals surface area contributed by atoms with Gasteiger partial charge in [-0.15, -0.1) is 0 Å². The summed E-state index contributed by atoms with van der Waals surface area (Å²) in [6, 6.07) is 20.2. The van der Waals surface area contributed by atoms with Crippen molar-refractivity contribution in [2.45, 2.75) is 20.3 Å². The second-order valence-corrected chi connectivity index (χ2v) is 8.74. The fourth-order valence-electron chi connectivity index (χ4n) is 3.78. The smallest absolute Gasteiger partial charge is 0.283 e. The molecule has 0 atom stereocenters. The Kier molecular flexibility index (Phi) is 8.08. The first-order chi connectivity index (χ1) is 18.2. The van der Waals surface area contributed by atoms with E-state index in [1.54, 1.807) is 72.8 Å². The highest BCUT2D eigenvalue weighted by Crippen LogP contribution is 2.31. The Hall–Kier alpha value is -4.63. The van der Waals surface area contributed by atoms with Gasteiger partial charge in [0.1, 0.15) is 16.5 Å². The Bertz CT molecular complexity index is 1400. The molecule has 0 unspecified atom stereocenters. The normalized spacial score (nSPS) is 13.0. The zero-order valence-corrected chi connectivity index (χ0v) is 21.5. The standard InChI is InChI=1S/C28H25ClN4O5/c1-3-38-23-14-12-22(13-15-23)33-27(36)25(29)26(28(33)37)32-21-6-4-18(5-7-21)16-24(35)31-20-10-8-19(9-11-20)30-17(2)34/h4-15,32H,3,16H2,1-2H3,(H,30,34)(H,31,35). The van der Waals surface area contributed by atoms with Crippen LogP contribution in [-0.4, -0.2) is 30.2 Å². The number of benzene rings is 3. The average molecular weight is 533 g/mol. The fourth-order valence-corrected chi connectivity index (χ4v) is 4.00. The molecule has 0 aromatic heterocycles. The summed E-state index contributed by atoms with van der Waals surface area (Å²) in [6.45, 7) is 3.79. The number of nitrogens with zero attached hydrogens (tertiary/aromatic N) is 1. The lowest BCUT2D eigenvalue weighted by Gasteiger charge is -2.15. The number of anilines is 4. The summed E-state index contributed by atoms with van der Waals surface area (Å²) in [5, 5.41) is 8.18. The maximum Gasteiger partial charge on any atom is 0.283 e. The van der Waals surface area contributed by atoms with Crippen LogP contribution in [0.5, 0.6) is 5.75 Å². The number of nitrogens with one attached hydrogen (secondary N) is 3. The van der Waals surface area contributed by atoms with Crippen LogP contribution in [0.1, 0.15) is 19.4 Å². The fraction of sp³-hybridized carbons (Fsp3) is 0.143. The largest absolute Gasteiger partial charge is 0.494 e. The molecule has 1 aliphatic heterocycles. The van der Waals surface area contributed by atoms with Crippen LogP contribution in [-0.2, 0) is 25.6 Å².